The first-order valence-corrected chi connectivity index (χ1v) is 3.33. The van der Waals surface area contributed by atoms with Crippen LogP contribution in [-0.2, 0) is 14.4 Å². The lowest BCUT2D eigenvalue weighted by molar-refractivity contribution is -0.149. The van der Waals surface area contributed by atoms with Crippen LogP contribution in [0.15, 0.2) is 0 Å². The van der Waals surface area contributed by atoms with E-state index in [9.17, 15) is 14.4 Å². The molecule has 1 unspecified atom stereocenters. The second kappa shape index (κ2) is 4.48. The van der Waals surface area contributed by atoms with Gasteiger partial charge in [0.1, 0.15) is 5.92 Å². The quantitative estimate of drug-likeness (QED) is 0.567. The van der Waals surface area contributed by atoms with Crippen molar-refractivity contribution in [1.29, 1.82) is 0 Å². The lowest BCUT2D eigenvalue weighted by atomic mass is 10.1. The van der Waals surface area contributed by atoms with Crippen molar-refractivity contribution >= 4 is 18.2 Å². The van der Waals surface area contributed by atoms with Gasteiger partial charge in [0.05, 0.1) is 6.54 Å². The Balaban J connectivity index is 4.18. The number of carbonyl (C=O) groups is 2. The fourth-order valence-corrected chi connectivity index (χ4v) is 0.611. The van der Waals surface area contributed by atoms with Crippen LogP contribution in [0.1, 0.15) is 6.92 Å². The monoisotopic (exact) mass is 172 g/mol. The molecule has 0 heterocycles. The predicted molar refractivity (Wildman–Crippen MR) is 40.1 cm³/mol. The Morgan fingerprint density at radius 3 is 2.42 bits per heavy atom. The number of likely N-dealkylation sites (N-methyl/N-ethyl adjacent to an activating group) is 1. The van der Waals surface area contributed by atoms with E-state index in [0.717, 1.165) is 4.90 Å². The van der Waals surface area contributed by atoms with E-state index in [2.05, 4.69) is 0 Å². The van der Waals surface area contributed by atoms with Crippen molar-refractivity contribution in [2.45, 2.75) is 6.92 Å². The minimum Gasteiger partial charge on any atom is -0.481 e. The fraction of sp³-hybridized carbons (Fsp3) is 0.571. The average Bonchev–Trinajstić information content (AvgIpc) is 2.02. The minimum absolute atomic E-state index is 0.198. The van der Waals surface area contributed by atoms with Gasteiger partial charge < -0.3 is 10.0 Å². The SMILES string of the molecule is CC(C(=O)O)C(=O)N(C)C[C]=O. The molecule has 0 aromatic rings. The summed E-state index contributed by atoms with van der Waals surface area (Å²) in [5.74, 6) is -2.90. The summed E-state index contributed by atoms with van der Waals surface area (Å²) in [7, 11) is 1.35. The van der Waals surface area contributed by atoms with Gasteiger partial charge in [0.2, 0.25) is 12.2 Å². The molecule has 0 aliphatic rings. The van der Waals surface area contributed by atoms with Crippen LogP contribution < -0.4 is 0 Å². The Labute approximate surface area is 70.0 Å². The summed E-state index contributed by atoms with van der Waals surface area (Å²) in [4.78, 5) is 32.2. The Bertz CT molecular complexity index is 202. The van der Waals surface area contributed by atoms with Gasteiger partial charge in [0.25, 0.3) is 0 Å². The van der Waals surface area contributed by atoms with E-state index in [1.54, 1.807) is 0 Å². The van der Waals surface area contributed by atoms with Crippen molar-refractivity contribution in [1.82, 2.24) is 4.90 Å². The molecule has 5 nitrogen and oxygen atoms in total. The second-order valence-electron chi connectivity index (χ2n) is 2.40. The van der Waals surface area contributed by atoms with Crippen LogP contribution in [0, 0.1) is 5.92 Å². The molecular formula is C7H10NO4. The van der Waals surface area contributed by atoms with Gasteiger partial charge in [-0.1, -0.05) is 0 Å². The molecule has 0 bridgehead atoms. The first-order chi connectivity index (χ1) is 5.50. The Hall–Kier alpha value is -1.39. The Morgan fingerprint density at radius 2 is 2.08 bits per heavy atom. The highest BCUT2D eigenvalue weighted by atomic mass is 16.4. The number of amides is 1. The number of nitrogens with zero attached hydrogens (tertiary/aromatic N) is 1. The summed E-state index contributed by atoms with van der Waals surface area (Å²) in [5.41, 5.74) is 0. The molecule has 0 spiro atoms. The third-order valence-corrected chi connectivity index (χ3v) is 1.42. The molecule has 0 aromatic heterocycles. The van der Waals surface area contributed by atoms with Crippen molar-refractivity contribution in [3.05, 3.63) is 0 Å². The second-order valence-corrected chi connectivity index (χ2v) is 2.40. The van der Waals surface area contributed by atoms with Gasteiger partial charge in [0, 0.05) is 7.05 Å². The topological polar surface area (TPSA) is 74.7 Å². The van der Waals surface area contributed by atoms with Crippen molar-refractivity contribution in [2.24, 2.45) is 5.92 Å². The number of hydrogen-bond acceptors (Lipinski definition) is 3. The lowest BCUT2D eigenvalue weighted by Crippen LogP contribution is -2.36. The molecule has 0 aliphatic carbocycles. The van der Waals surface area contributed by atoms with Crippen LogP contribution in [0.25, 0.3) is 0 Å². The Kier molecular flexibility index (Phi) is 3.96. The van der Waals surface area contributed by atoms with Gasteiger partial charge in [-0.15, -0.1) is 0 Å². The molecule has 1 radical (unpaired) electrons. The molecule has 0 saturated carbocycles. The van der Waals surface area contributed by atoms with Crippen LogP contribution in [0.2, 0.25) is 0 Å². The first-order valence-electron chi connectivity index (χ1n) is 3.33. The molecule has 1 N–H and O–H groups in total. The summed E-state index contributed by atoms with van der Waals surface area (Å²) in [5, 5.41) is 8.42. The average molecular weight is 172 g/mol. The van der Waals surface area contributed by atoms with E-state index >= 15 is 0 Å². The molecule has 0 fully saturated rings. The van der Waals surface area contributed by atoms with E-state index in [0.29, 0.717) is 0 Å². The van der Waals surface area contributed by atoms with Crippen LogP contribution in [0.3, 0.4) is 0 Å². The maximum Gasteiger partial charge on any atom is 0.315 e. The molecule has 5 heteroatoms. The van der Waals surface area contributed by atoms with Crippen molar-refractivity contribution in [3.8, 4) is 0 Å². The van der Waals surface area contributed by atoms with Crippen LogP contribution in [0.5, 0.6) is 0 Å². The van der Waals surface area contributed by atoms with Gasteiger partial charge in [-0.05, 0) is 6.92 Å². The lowest BCUT2D eigenvalue weighted by Gasteiger charge is -2.15. The van der Waals surface area contributed by atoms with Crippen molar-refractivity contribution in [2.75, 3.05) is 13.6 Å². The number of carboxylic acids is 1. The van der Waals surface area contributed by atoms with E-state index in [-0.39, 0.29) is 6.54 Å². The normalized spacial score (nSPS) is 11.8. The highest BCUT2D eigenvalue weighted by Gasteiger charge is 2.23. The molecule has 1 amide bonds. The highest BCUT2D eigenvalue weighted by molar-refractivity contribution is 5.96. The van der Waals surface area contributed by atoms with Gasteiger partial charge in [0.15, 0.2) is 0 Å². The summed E-state index contributed by atoms with van der Waals surface area (Å²) >= 11 is 0. The van der Waals surface area contributed by atoms with Gasteiger partial charge in [-0.3, -0.25) is 14.4 Å². The molecular weight excluding hydrogens is 162 g/mol. The van der Waals surface area contributed by atoms with E-state index in [1.165, 1.54) is 20.3 Å². The van der Waals surface area contributed by atoms with Crippen LogP contribution in [0.4, 0.5) is 0 Å². The smallest absolute Gasteiger partial charge is 0.315 e. The van der Waals surface area contributed by atoms with Crippen LogP contribution in [-0.4, -0.2) is 41.8 Å². The zero-order valence-electron chi connectivity index (χ0n) is 6.90. The number of carbonyl (C=O) groups excluding carboxylic acids is 2. The molecule has 12 heavy (non-hydrogen) atoms. The zero-order chi connectivity index (χ0) is 9.72. The number of rotatable bonds is 4. The summed E-state index contributed by atoms with van der Waals surface area (Å²) in [6.45, 7) is 1.07. The number of aliphatic carboxylic acids is 1. The summed E-state index contributed by atoms with van der Waals surface area (Å²) in [6, 6.07) is 0. The van der Waals surface area contributed by atoms with Gasteiger partial charge >= 0.3 is 5.97 Å². The zero-order valence-corrected chi connectivity index (χ0v) is 6.90. The molecule has 67 valence electrons. The maximum absolute atomic E-state index is 11.0. The molecule has 0 saturated heterocycles. The highest BCUT2D eigenvalue weighted by Crippen LogP contribution is 1.99. The Morgan fingerprint density at radius 1 is 1.58 bits per heavy atom. The third-order valence-electron chi connectivity index (χ3n) is 1.42. The molecule has 0 aromatic carbocycles. The van der Waals surface area contributed by atoms with Gasteiger partial charge in [-0.25, -0.2) is 0 Å². The third kappa shape index (κ3) is 2.69. The van der Waals surface area contributed by atoms with Gasteiger partial charge in [-0.2, -0.15) is 0 Å². The number of hydrogen-bond donors (Lipinski definition) is 1. The molecule has 1 atom stereocenters. The fourth-order valence-electron chi connectivity index (χ4n) is 0.611. The first kappa shape index (κ1) is 10.6. The van der Waals surface area contributed by atoms with E-state index in [4.69, 9.17) is 5.11 Å². The van der Waals surface area contributed by atoms with Crippen LogP contribution >= 0.6 is 0 Å². The molecule has 0 aliphatic heterocycles. The standard InChI is InChI=1S/C7H10NO4/c1-5(7(11)12)6(10)8(2)3-4-9/h5H,3H2,1-2H3,(H,11,12). The summed E-state index contributed by atoms with van der Waals surface area (Å²) in [6.07, 6.45) is 1.50. The van der Waals surface area contributed by atoms with E-state index in [1.807, 2.05) is 0 Å². The summed E-state index contributed by atoms with van der Waals surface area (Å²) < 4.78 is 0. The maximum atomic E-state index is 11.0. The van der Waals surface area contributed by atoms with E-state index < -0.39 is 17.8 Å². The largest absolute Gasteiger partial charge is 0.481 e. The minimum atomic E-state index is -1.20. The van der Waals surface area contributed by atoms with Crippen molar-refractivity contribution < 1.29 is 19.5 Å². The predicted octanol–water partition coefficient (Wildman–Crippen LogP) is -0.725. The van der Waals surface area contributed by atoms with Crippen molar-refractivity contribution in [3.63, 3.8) is 0 Å². The number of carboxylic acid groups (broad SMARTS) is 1. The molecule has 0 rings (SSSR count).